The summed E-state index contributed by atoms with van der Waals surface area (Å²) in [6.45, 7) is 3.60. The summed E-state index contributed by atoms with van der Waals surface area (Å²) in [5.41, 5.74) is 1.94. The molecule has 0 spiro atoms. The molecule has 0 aliphatic heterocycles. The lowest BCUT2D eigenvalue weighted by molar-refractivity contribution is -0.384. The van der Waals surface area contributed by atoms with Gasteiger partial charge in [0.15, 0.2) is 0 Å². The van der Waals surface area contributed by atoms with E-state index in [9.17, 15) is 25.0 Å². The van der Waals surface area contributed by atoms with Crippen molar-refractivity contribution in [1.82, 2.24) is 0 Å². The number of carbonyl (C=O) groups excluding carboxylic acids is 2. The van der Waals surface area contributed by atoms with Crippen LogP contribution in [0.4, 0.5) is 11.4 Å². The summed E-state index contributed by atoms with van der Waals surface area (Å²) in [7, 11) is 0. The van der Waals surface area contributed by atoms with Gasteiger partial charge in [0.2, 0.25) is 0 Å². The third-order valence-corrected chi connectivity index (χ3v) is 4.63. The number of esters is 1. The van der Waals surface area contributed by atoms with Crippen molar-refractivity contribution >= 4 is 29.3 Å². The maximum absolute atomic E-state index is 12.6. The first-order valence-electron chi connectivity index (χ1n) is 9.84. The molecule has 1 N–H and O–H groups in total. The number of nitro benzene ring substituents is 1. The fourth-order valence-electron chi connectivity index (χ4n) is 2.93. The summed E-state index contributed by atoms with van der Waals surface area (Å²) in [5.74, 6) is -1.10. The van der Waals surface area contributed by atoms with Gasteiger partial charge in [-0.3, -0.25) is 14.9 Å². The molecule has 0 fully saturated rings. The van der Waals surface area contributed by atoms with Gasteiger partial charge in [0.1, 0.15) is 23.1 Å². The number of nitrogens with zero attached hydrogens (tertiary/aromatic N) is 2. The summed E-state index contributed by atoms with van der Waals surface area (Å²) in [6.07, 6.45) is 1.30. The monoisotopic (exact) mass is 441 g/mol. The van der Waals surface area contributed by atoms with Gasteiger partial charge in [0.25, 0.3) is 11.6 Å². The number of benzene rings is 3. The van der Waals surface area contributed by atoms with Gasteiger partial charge in [-0.05, 0) is 61.4 Å². The second kappa shape index (κ2) is 10.0. The van der Waals surface area contributed by atoms with Crippen molar-refractivity contribution in [2.24, 2.45) is 0 Å². The fourth-order valence-corrected chi connectivity index (χ4v) is 2.93. The molecular weight excluding hydrogens is 422 g/mol. The van der Waals surface area contributed by atoms with E-state index in [1.54, 1.807) is 61.5 Å². The lowest BCUT2D eigenvalue weighted by atomic mass is 10.1. The summed E-state index contributed by atoms with van der Waals surface area (Å²) in [5, 5.41) is 23.1. The van der Waals surface area contributed by atoms with Crippen molar-refractivity contribution in [2.75, 3.05) is 5.32 Å². The van der Waals surface area contributed by atoms with Crippen molar-refractivity contribution in [1.29, 1.82) is 5.26 Å². The van der Waals surface area contributed by atoms with Crippen LogP contribution < -0.4 is 10.1 Å². The van der Waals surface area contributed by atoms with E-state index < -0.39 is 16.8 Å². The highest BCUT2D eigenvalue weighted by molar-refractivity contribution is 6.10. The molecular formula is C25H19N3O5. The Balaban J connectivity index is 1.79. The largest absolute Gasteiger partial charge is 0.423 e. The number of nitro groups is 1. The first kappa shape index (κ1) is 22.9. The predicted octanol–water partition coefficient (Wildman–Crippen LogP) is 4.98. The second-order valence-corrected chi connectivity index (χ2v) is 7.23. The number of ether oxygens (including phenoxy) is 1. The van der Waals surface area contributed by atoms with Crippen LogP contribution >= 0.6 is 0 Å². The molecule has 0 atom stereocenters. The van der Waals surface area contributed by atoms with Gasteiger partial charge < -0.3 is 10.1 Å². The molecule has 0 saturated carbocycles. The average Bonchev–Trinajstić information content (AvgIpc) is 2.79. The topological polar surface area (TPSA) is 122 Å². The van der Waals surface area contributed by atoms with Crippen LogP contribution in [0.1, 0.15) is 27.0 Å². The van der Waals surface area contributed by atoms with E-state index in [-0.39, 0.29) is 22.7 Å². The third-order valence-electron chi connectivity index (χ3n) is 4.63. The van der Waals surface area contributed by atoms with Gasteiger partial charge in [0, 0.05) is 6.07 Å². The highest BCUT2D eigenvalue weighted by Crippen LogP contribution is 2.26. The Kier molecular flexibility index (Phi) is 6.96. The molecule has 0 radical (unpaired) electrons. The molecule has 0 aromatic heterocycles. The summed E-state index contributed by atoms with van der Waals surface area (Å²) < 4.78 is 5.38. The number of carbonyl (C=O) groups is 2. The molecule has 3 aromatic rings. The van der Waals surface area contributed by atoms with E-state index in [4.69, 9.17) is 4.74 Å². The zero-order valence-corrected chi connectivity index (χ0v) is 17.9. The number of hydrogen-bond donors (Lipinski definition) is 1. The Hall–Kier alpha value is -4.77. The molecule has 164 valence electrons. The van der Waals surface area contributed by atoms with Crippen molar-refractivity contribution in [3.63, 3.8) is 0 Å². The molecule has 0 unspecified atom stereocenters. The van der Waals surface area contributed by atoms with E-state index in [1.165, 1.54) is 24.3 Å². The van der Waals surface area contributed by atoms with Gasteiger partial charge in [-0.1, -0.05) is 35.9 Å². The molecule has 0 bridgehead atoms. The second-order valence-electron chi connectivity index (χ2n) is 7.23. The first-order valence-corrected chi connectivity index (χ1v) is 9.84. The van der Waals surface area contributed by atoms with E-state index in [2.05, 4.69) is 5.32 Å². The molecule has 33 heavy (non-hydrogen) atoms. The number of amides is 1. The number of hydrogen-bond acceptors (Lipinski definition) is 6. The van der Waals surface area contributed by atoms with Gasteiger partial charge in [-0.25, -0.2) is 4.79 Å². The van der Waals surface area contributed by atoms with E-state index in [0.717, 1.165) is 5.56 Å². The fraction of sp³-hybridized carbons (Fsp3) is 0.0800. The SMILES string of the molecule is Cc1ccc(C(=O)Oc2cccc(/C=C(\C#N)C(=O)Nc3ccc(C)cc3[N+](=O)[O-])c2)cc1. The molecule has 3 rings (SSSR count). The Morgan fingerprint density at radius 1 is 1.03 bits per heavy atom. The molecule has 3 aromatic carbocycles. The molecule has 8 nitrogen and oxygen atoms in total. The van der Waals surface area contributed by atoms with Crippen molar-refractivity contribution in [3.8, 4) is 11.8 Å². The van der Waals surface area contributed by atoms with Crippen molar-refractivity contribution < 1.29 is 19.2 Å². The highest BCUT2D eigenvalue weighted by Gasteiger charge is 2.18. The molecule has 1 amide bonds. The number of nitriles is 1. The zero-order chi connectivity index (χ0) is 24.0. The lowest BCUT2D eigenvalue weighted by Crippen LogP contribution is -2.14. The number of nitrogens with one attached hydrogen (secondary N) is 1. The van der Waals surface area contributed by atoms with E-state index in [0.29, 0.717) is 16.7 Å². The lowest BCUT2D eigenvalue weighted by Gasteiger charge is -2.07. The Morgan fingerprint density at radius 3 is 2.39 bits per heavy atom. The van der Waals surface area contributed by atoms with E-state index in [1.807, 2.05) is 6.92 Å². The van der Waals surface area contributed by atoms with Crippen LogP contribution in [-0.4, -0.2) is 16.8 Å². The van der Waals surface area contributed by atoms with E-state index >= 15 is 0 Å². The number of aryl methyl sites for hydroxylation is 2. The van der Waals surface area contributed by atoms with Gasteiger partial charge >= 0.3 is 5.97 Å². The normalized spacial score (nSPS) is 10.8. The molecule has 0 saturated heterocycles. The molecule has 8 heteroatoms. The quantitative estimate of drug-likeness (QED) is 0.144. The third kappa shape index (κ3) is 5.89. The Morgan fingerprint density at radius 2 is 1.73 bits per heavy atom. The van der Waals surface area contributed by atoms with Gasteiger partial charge in [0.05, 0.1) is 10.5 Å². The van der Waals surface area contributed by atoms with Gasteiger partial charge in [-0.15, -0.1) is 0 Å². The predicted molar refractivity (Wildman–Crippen MR) is 123 cm³/mol. The minimum absolute atomic E-state index is 0.0162. The maximum atomic E-state index is 12.6. The molecule has 0 aliphatic rings. The average molecular weight is 441 g/mol. The summed E-state index contributed by atoms with van der Waals surface area (Å²) >= 11 is 0. The van der Waals surface area contributed by atoms with Gasteiger partial charge in [-0.2, -0.15) is 5.26 Å². The van der Waals surface area contributed by atoms with Crippen LogP contribution in [0.3, 0.4) is 0 Å². The van der Waals surface area contributed by atoms with Crippen LogP contribution in [0.15, 0.2) is 72.3 Å². The summed E-state index contributed by atoms with van der Waals surface area (Å²) in [4.78, 5) is 35.6. The van der Waals surface area contributed by atoms with Crippen LogP contribution in [0.5, 0.6) is 5.75 Å². The van der Waals surface area contributed by atoms with Crippen LogP contribution in [0, 0.1) is 35.3 Å². The maximum Gasteiger partial charge on any atom is 0.343 e. The smallest absolute Gasteiger partial charge is 0.343 e. The molecule has 0 aliphatic carbocycles. The number of anilines is 1. The Labute approximate surface area is 189 Å². The Bertz CT molecular complexity index is 1300. The molecule has 0 heterocycles. The minimum Gasteiger partial charge on any atom is -0.423 e. The highest BCUT2D eigenvalue weighted by atomic mass is 16.6. The van der Waals surface area contributed by atoms with Crippen molar-refractivity contribution in [3.05, 3.63) is 105 Å². The minimum atomic E-state index is -0.800. The van der Waals surface area contributed by atoms with Crippen LogP contribution in [0.2, 0.25) is 0 Å². The first-order chi connectivity index (χ1) is 15.8. The number of rotatable bonds is 6. The van der Waals surface area contributed by atoms with Crippen molar-refractivity contribution in [2.45, 2.75) is 13.8 Å². The van der Waals surface area contributed by atoms with Crippen LogP contribution in [-0.2, 0) is 4.79 Å². The standard InChI is InChI=1S/C25H19N3O5/c1-16-6-9-19(10-7-16)25(30)33-21-5-3-4-18(14-21)13-20(15-26)24(29)27-22-11-8-17(2)12-23(22)28(31)32/h3-14H,1-2H3,(H,27,29)/b20-13+. The summed E-state index contributed by atoms with van der Waals surface area (Å²) in [6, 6.07) is 19.4. The zero-order valence-electron chi connectivity index (χ0n) is 17.9. The van der Waals surface area contributed by atoms with Crippen LogP contribution in [0.25, 0.3) is 6.08 Å².